The lowest BCUT2D eigenvalue weighted by Gasteiger charge is -2.28. The molecule has 22 heavy (non-hydrogen) atoms. The molecule has 0 radical (unpaired) electrons. The molecule has 0 aliphatic heterocycles. The van der Waals surface area contributed by atoms with Crippen LogP contribution in [0.5, 0.6) is 0 Å². The van der Waals surface area contributed by atoms with Crippen molar-refractivity contribution >= 4 is 0 Å². The Balaban J connectivity index is 2.09. The fraction of sp³-hybridized carbons (Fsp3) is 0.182. The summed E-state index contributed by atoms with van der Waals surface area (Å²) in [5, 5.41) is 0. The zero-order valence-electron chi connectivity index (χ0n) is 13.0. The van der Waals surface area contributed by atoms with Crippen LogP contribution in [0.4, 0.5) is 0 Å². The van der Waals surface area contributed by atoms with Gasteiger partial charge in [0.1, 0.15) is 0 Å². The van der Waals surface area contributed by atoms with E-state index in [9.17, 15) is 0 Å². The van der Waals surface area contributed by atoms with Crippen molar-refractivity contribution in [2.24, 2.45) is 0 Å². The summed E-state index contributed by atoms with van der Waals surface area (Å²) in [6.45, 7) is 2.29. The average molecular weight is 286 g/mol. The van der Waals surface area contributed by atoms with Crippen LogP contribution in [0.3, 0.4) is 0 Å². The SMILES string of the molecule is CCC(c1ccccc1)C(c1ccccc1)c1ccccc1. The number of hydrogen-bond acceptors (Lipinski definition) is 0. The maximum absolute atomic E-state index is 2.29. The van der Waals surface area contributed by atoms with E-state index >= 15 is 0 Å². The van der Waals surface area contributed by atoms with Gasteiger partial charge in [-0.2, -0.15) is 0 Å². The number of rotatable bonds is 5. The third-order valence-electron chi connectivity index (χ3n) is 4.39. The Labute approximate surface area is 133 Å². The van der Waals surface area contributed by atoms with Gasteiger partial charge >= 0.3 is 0 Å². The van der Waals surface area contributed by atoms with Gasteiger partial charge in [0.05, 0.1) is 0 Å². The van der Waals surface area contributed by atoms with Crippen molar-refractivity contribution < 1.29 is 0 Å². The smallest absolute Gasteiger partial charge is 0.0158 e. The highest BCUT2D eigenvalue weighted by Gasteiger charge is 2.24. The minimum Gasteiger partial charge on any atom is -0.0648 e. The summed E-state index contributed by atoms with van der Waals surface area (Å²) in [5.74, 6) is 0.890. The highest BCUT2D eigenvalue weighted by molar-refractivity contribution is 5.38. The lowest BCUT2D eigenvalue weighted by Crippen LogP contribution is -2.12. The van der Waals surface area contributed by atoms with Crippen molar-refractivity contribution in [2.75, 3.05) is 0 Å². The van der Waals surface area contributed by atoms with E-state index in [4.69, 9.17) is 0 Å². The predicted octanol–water partition coefficient (Wildman–Crippen LogP) is 6.01. The van der Waals surface area contributed by atoms with E-state index < -0.39 is 0 Å². The minimum absolute atomic E-state index is 0.398. The summed E-state index contributed by atoms with van der Waals surface area (Å²) in [4.78, 5) is 0. The maximum Gasteiger partial charge on any atom is 0.0158 e. The van der Waals surface area contributed by atoms with Crippen LogP contribution >= 0.6 is 0 Å². The lowest BCUT2D eigenvalue weighted by molar-refractivity contribution is 0.586. The number of hydrogen-bond donors (Lipinski definition) is 0. The third kappa shape index (κ3) is 3.12. The van der Waals surface area contributed by atoms with Crippen LogP contribution in [0.2, 0.25) is 0 Å². The lowest BCUT2D eigenvalue weighted by atomic mass is 9.76. The molecule has 0 heteroatoms. The van der Waals surface area contributed by atoms with Gasteiger partial charge < -0.3 is 0 Å². The van der Waals surface area contributed by atoms with Crippen LogP contribution in [0.25, 0.3) is 0 Å². The van der Waals surface area contributed by atoms with Crippen LogP contribution in [0.1, 0.15) is 41.9 Å². The van der Waals surface area contributed by atoms with Gasteiger partial charge in [-0.25, -0.2) is 0 Å². The number of benzene rings is 3. The van der Waals surface area contributed by atoms with Crippen molar-refractivity contribution in [1.82, 2.24) is 0 Å². The van der Waals surface area contributed by atoms with Gasteiger partial charge in [0.15, 0.2) is 0 Å². The summed E-state index contributed by atoms with van der Waals surface area (Å²) in [7, 11) is 0. The van der Waals surface area contributed by atoms with E-state index in [2.05, 4.69) is 97.9 Å². The molecule has 0 heterocycles. The van der Waals surface area contributed by atoms with Crippen LogP contribution in [-0.2, 0) is 0 Å². The Morgan fingerprint density at radius 3 is 1.27 bits per heavy atom. The molecule has 0 aromatic heterocycles. The first kappa shape index (κ1) is 14.6. The van der Waals surface area contributed by atoms with Gasteiger partial charge in [-0.15, -0.1) is 0 Å². The first-order valence-electron chi connectivity index (χ1n) is 8.05. The summed E-state index contributed by atoms with van der Waals surface area (Å²) in [5.41, 5.74) is 4.21. The summed E-state index contributed by atoms with van der Waals surface area (Å²) >= 11 is 0. The standard InChI is InChI=1S/C22H22/c1-2-21(18-12-6-3-7-13-18)22(19-14-8-4-9-15-19)20-16-10-5-11-17-20/h3-17,21-22H,2H2,1H3. The molecule has 0 bridgehead atoms. The molecule has 0 aliphatic rings. The highest BCUT2D eigenvalue weighted by atomic mass is 14.3. The molecule has 0 fully saturated rings. The van der Waals surface area contributed by atoms with Gasteiger partial charge in [-0.3, -0.25) is 0 Å². The van der Waals surface area contributed by atoms with E-state index in [0.717, 1.165) is 6.42 Å². The molecule has 0 saturated heterocycles. The summed E-state index contributed by atoms with van der Waals surface area (Å²) < 4.78 is 0. The zero-order valence-corrected chi connectivity index (χ0v) is 13.0. The summed E-state index contributed by atoms with van der Waals surface area (Å²) in [6, 6.07) is 32.7. The predicted molar refractivity (Wildman–Crippen MR) is 94.2 cm³/mol. The molecule has 0 saturated carbocycles. The van der Waals surface area contributed by atoms with Crippen LogP contribution < -0.4 is 0 Å². The molecule has 0 amide bonds. The van der Waals surface area contributed by atoms with E-state index in [1.807, 2.05) is 0 Å². The first-order chi connectivity index (χ1) is 10.9. The second kappa shape index (κ2) is 7.09. The molecule has 0 spiro atoms. The van der Waals surface area contributed by atoms with Gasteiger partial charge in [0.25, 0.3) is 0 Å². The van der Waals surface area contributed by atoms with Crippen molar-refractivity contribution in [3.8, 4) is 0 Å². The van der Waals surface area contributed by atoms with E-state index in [1.54, 1.807) is 0 Å². The Kier molecular flexibility index (Phi) is 4.70. The monoisotopic (exact) mass is 286 g/mol. The van der Waals surface area contributed by atoms with Crippen LogP contribution in [-0.4, -0.2) is 0 Å². The quantitative estimate of drug-likeness (QED) is 0.538. The molecule has 0 aliphatic carbocycles. The van der Waals surface area contributed by atoms with Crippen molar-refractivity contribution in [3.05, 3.63) is 108 Å². The molecule has 1 unspecified atom stereocenters. The van der Waals surface area contributed by atoms with Gasteiger partial charge in [-0.05, 0) is 29.0 Å². The molecule has 1 atom stereocenters. The van der Waals surface area contributed by atoms with Gasteiger partial charge in [-0.1, -0.05) is 97.9 Å². The summed E-state index contributed by atoms with van der Waals surface area (Å²) in [6.07, 6.45) is 1.12. The molecule has 0 N–H and O–H groups in total. The van der Waals surface area contributed by atoms with Crippen molar-refractivity contribution in [1.29, 1.82) is 0 Å². The highest BCUT2D eigenvalue weighted by Crippen LogP contribution is 2.40. The van der Waals surface area contributed by atoms with Crippen LogP contribution in [0.15, 0.2) is 91.0 Å². The minimum atomic E-state index is 0.398. The molecular formula is C22H22. The maximum atomic E-state index is 2.29. The molecule has 0 nitrogen and oxygen atoms in total. The first-order valence-corrected chi connectivity index (χ1v) is 8.05. The van der Waals surface area contributed by atoms with E-state index in [-0.39, 0.29) is 0 Å². The van der Waals surface area contributed by atoms with Gasteiger partial charge in [0, 0.05) is 5.92 Å². The topological polar surface area (TPSA) is 0 Å². The second-order valence-corrected chi connectivity index (χ2v) is 5.72. The van der Waals surface area contributed by atoms with Crippen molar-refractivity contribution in [2.45, 2.75) is 25.2 Å². The zero-order chi connectivity index (χ0) is 15.2. The Morgan fingerprint density at radius 2 is 0.909 bits per heavy atom. The van der Waals surface area contributed by atoms with Crippen molar-refractivity contribution in [3.63, 3.8) is 0 Å². The Hall–Kier alpha value is -2.34. The largest absolute Gasteiger partial charge is 0.0648 e. The van der Waals surface area contributed by atoms with Crippen LogP contribution in [0, 0.1) is 0 Å². The molecular weight excluding hydrogens is 264 g/mol. The van der Waals surface area contributed by atoms with E-state index in [0.29, 0.717) is 11.8 Å². The Morgan fingerprint density at radius 1 is 0.545 bits per heavy atom. The normalized spacial score (nSPS) is 12.3. The molecule has 3 aromatic rings. The average Bonchev–Trinajstić information content (AvgIpc) is 2.62. The molecule has 110 valence electrons. The third-order valence-corrected chi connectivity index (χ3v) is 4.39. The van der Waals surface area contributed by atoms with E-state index in [1.165, 1.54) is 16.7 Å². The Bertz CT molecular complexity index is 632. The van der Waals surface area contributed by atoms with Gasteiger partial charge in [0.2, 0.25) is 0 Å². The second-order valence-electron chi connectivity index (χ2n) is 5.72. The fourth-order valence-electron chi connectivity index (χ4n) is 3.34. The molecule has 3 rings (SSSR count). The fourth-order valence-corrected chi connectivity index (χ4v) is 3.34. The molecule has 3 aromatic carbocycles.